The topological polar surface area (TPSA) is 66.5 Å². The maximum absolute atomic E-state index is 12.9. The Hall–Kier alpha value is -2.18. The van der Waals surface area contributed by atoms with Crippen LogP contribution in [0.25, 0.3) is 11.1 Å². The molecule has 0 unspecified atom stereocenters. The molecule has 1 saturated carbocycles. The number of carbonyl (C=O) groups excluding carboxylic acids is 1. The van der Waals surface area contributed by atoms with Crippen LogP contribution >= 0.6 is 0 Å². The fourth-order valence-electron chi connectivity index (χ4n) is 4.31. The van der Waals surface area contributed by atoms with Crippen LogP contribution < -0.4 is 4.72 Å². The molecule has 1 heterocycles. The van der Waals surface area contributed by atoms with Crippen LogP contribution in [0.4, 0.5) is 0 Å². The van der Waals surface area contributed by atoms with Gasteiger partial charge in [0.05, 0.1) is 12.3 Å². The standard InChI is InChI=1S/C23H28N2O3S/c1-29(27,28)24-21-11-6-14-25(23(26)19-12-13-19)22(21)16-17-7-5-10-20(15-17)18-8-3-2-4-9-18/h2-5,7-10,15,19,21-22,24H,6,11-14,16H2,1H3/t21-,22-/m1/s1. The van der Waals surface area contributed by atoms with Crippen LogP contribution in [0.15, 0.2) is 54.6 Å². The molecule has 1 N–H and O–H groups in total. The number of nitrogens with one attached hydrogen (secondary N) is 1. The van der Waals surface area contributed by atoms with E-state index in [-0.39, 0.29) is 23.9 Å². The summed E-state index contributed by atoms with van der Waals surface area (Å²) >= 11 is 0. The second-order valence-electron chi connectivity index (χ2n) is 8.28. The minimum atomic E-state index is -3.34. The van der Waals surface area contributed by atoms with Gasteiger partial charge in [-0.1, -0.05) is 54.6 Å². The first-order valence-electron chi connectivity index (χ1n) is 10.3. The number of hydrogen-bond donors (Lipinski definition) is 1. The van der Waals surface area contributed by atoms with Gasteiger partial charge in [-0.2, -0.15) is 0 Å². The molecule has 2 fully saturated rings. The van der Waals surface area contributed by atoms with Gasteiger partial charge in [0.15, 0.2) is 0 Å². The lowest BCUT2D eigenvalue weighted by atomic mass is 9.90. The smallest absolute Gasteiger partial charge is 0.225 e. The molecule has 4 rings (SSSR count). The number of likely N-dealkylation sites (tertiary alicyclic amines) is 1. The molecule has 2 aromatic rings. The molecule has 154 valence electrons. The minimum absolute atomic E-state index is 0.130. The van der Waals surface area contributed by atoms with Crippen molar-refractivity contribution >= 4 is 15.9 Å². The molecule has 29 heavy (non-hydrogen) atoms. The van der Waals surface area contributed by atoms with Crippen LogP contribution in [0.1, 0.15) is 31.2 Å². The first kappa shape index (κ1) is 20.1. The van der Waals surface area contributed by atoms with Gasteiger partial charge in [0.1, 0.15) is 0 Å². The summed E-state index contributed by atoms with van der Waals surface area (Å²) in [6.07, 6.45) is 5.33. The fraction of sp³-hybridized carbons (Fsp3) is 0.435. The van der Waals surface area contributed by atoms with Crippen molar-refractivity contribution in [2.75, 3.05) is 12.8 Å². The number of rotatable bonds is 6. The van der Waals surface area contributed by atoms with Gasteiger partial charge in [-0.05, 0) is 48.8 Å². The average Bonchev–Trinajstić information content (AvgIpc) is 3.54. The third kappa shape index (κ3) is 5.06. The number of piperidine rings is 1. The third-order valence-corrected chi connectivity index (χ3v) is 6.56. The Labute approximate surface area is 173 Å². The van der Waals surface area contributed by atoms with Crippen LogP contribution in [-0.4, -0.2) is 44.1 Å². The van der Waals surface area contributed by atoms with Crippen molar-refractivity contribution < 1.29 is 13.2 Å². The Morgan fingerprint density at radius 2 is 1.76 bits per heavy atom. The highest BCUT2D eigenvalue weighted by molar-refractivity contribution is 7.88. The van der Waals surface area contributed by atoms with E-state index >= 15 is 0 Å². The summed E-state index contributed by atoms with van der Waals surface area (Å²) in [5.74, 6) is 0.319. The van der Waals surface area contributed by atoms with E-state index in [0.29, 0.717) is 13.0 Å². The molecule has 1 amide bonds. The molecule has 0 bridgehead atoms. The van der Waals surface area contributed by atoms with Crippen molar-refractivity contribution in [1.29, 1.82) is 0 Å². The van der Waals surface area contributed by atoms with Crippen LogP contribution in [0, 0.1) is 5.92 Å². The number of benzene rings is 2. The van der Waals surface area contributed by atoms with E-state index in [1.54, 1.807) is 0 Å². The fourth-order valence-corrected chi connectivity index (χ4v) is 5.14. The maximum atomic E-state index is 12.9. The monoisotopic (exact) mass is 412 g/mol. The molecule has 0 radical (unpaired) electrons. The summed E-state index contributed by atoms with van der Waals surface area (Å²) in [5.41, 5.74) is 3.40. The first-order valence-corrected chi connectivity index (χ1v) is 12.2. The predicted molar refractivity (Wildman–Crippen MR) is 115 cm³/mol. The van der Waals surface area contributed by atoms with Gasteiger partial charge >= 0.3 is 0 Å². The van der Waals surface area contributed by atoms with Crippen molar-refractivity contribution in [1.82, 2.24) is 9.62 Å². The molecular formula is C23H28N2O3S. The lowest BCUT2D eigenvalue weighted by Gasteiger charge is -2.41. The van der Waals surface area contributed by atoms with Crippen molar-refractivity contribution in [2.24, 2.45) is 5.92 Å². The second-order valence-corrected chi connectivity index (χ2v) is 10.1. The Balaban J connectivity index is 1.61. The van der Waals surface area contributed by atoms with E-state index in [2.05, 4.69) is 35.1 Å². The number of hydrogen-bond acceptors (Lipinski definition) is 3. The van der Waals surface area contributed by atoms with Crippen molar-refractivity contribution in [3.05, 3.63) is 60.2 Å². The molecule has 1 aliphatic carbocycles. The van der Waals surface area contributed by atoms with Gasteiger partial charge in [-0.15, -0.1) is 0 Å². The van der Waals surface area contributed by atoms with E-state index in [9.17, 15) is 13.2 Å². The zero-order chi connectivity index (χ0) is 20.4. The van der Waals surface area contributed by atoms with Gasteiger partial charge in [0, 0.05) is 18.5 Å². The van der Waals surface area contributed by atoms with Crippen molar-refractivity contribution in [2.45, 2.75) is 44.2 Å². The molecular weight excluding hydrogens is 384 g/mol. The largest absolute Gasteiger partial charge is 0.338 e. The van der Waals surface area contributed by atoms with Gasteiger partial charge in [-0.3, -0.25) is 4.79 Å². The normalized spacial score (nSPS) is 22.4. The Morgan fingerprint density at radius 1 is 1.03 bits per heavy atom. The van der Waals surface area contributed by atoms with E-state index in [1.165, 1.54) is 6.26 Å². The van der Waals surface area contributed by atoms with Gasteiger partial charge in [-0.25, -0.2) is 13.1 Å². The molecule has 0 spiro atoms. The number of sulfonamides is 1. The Morgan fingerprint density at radius 3 is 2.45 bits per heavy atom. The van der Waals surface area contributed by atoms with Crippen LogP contribution in [-0.2, 0) is 21.2 Å². The number of amides is 1. The summed E-state index contributed by atoms with van der Waals surface area (Å²) in [6, 6.07) is 18.1. The molecule has 6 heteroatoms. The summed E-state index contributed by atoms with van der Waals surface area (Å²) in [7, 11) is -3.34. The predicted octanol–water partition coefficient (Wildman–Crippen LogP) is 3.21. The highest BCUT2D eigenvalue weighted by Gasteiger charge is 2.41. The lowest BCUT2D eigenvalue weighted by molar-refractivity contribution is -0.136. The molecule has 5 nitrogen and oxygen atoms in total. The highest BCUT2D eigenvalue weighted by Crippen LogP contribution is 2.34. The summed E-state index contributed by atoms with van der Waals surface area (Å²) in [5, 5.41) is 0. The molecule has 2 atom stereocenters. The lowest BCUT2D eigenvalue weighted by Crippen LogP contribution is -2.58. The molecule has 2 aromatic carbocycles. The summed E-state index contributed by atoms with van der Waals surface area (Å²) in [6.45, 7) is 0.709. The van der Waals surface area contributed by atoms with Gasteiger partial charge < -0.3 is 4.90 Å². The molecule has 1 aliphatic heterocycles. The third-order valence-electron chi connectivity index (χ3n) is 5.83. The second kappa shape index (κ2) is 8.28. The van der Waals surface area contributed by atoms with Crippen molar-refractivity contribution in [3.63, 3.8) is 0 Å². The first-order chi connectivity index (χ1) is 13.9. The van der Waals surface area contributed by atoms with E-state index in [4.69, 9.17) is 0 Å². The summed E-state index contributed by atoms with van der Waals surface area (Å²) in [4.78, 5) is 14.9. The van der Waals surface area contributed by atoms with Crippen LogP contribution in [0.5, 0.6) is 0 Å². The Bertz CT molecular complexity index is 971. The zero-order valence-corrected chi connectivity index (χ0v) is 17.6. The van der Waals surface area contributed by atoms with Gasteiger partial charge in [0.25, 0.3) is 0 Å². The minimum Gasteiger partial charge on any atom is -0.338 e. The molecule has 1 saturated heterocycles. The molecule has 0 aromatic heterocycles. The van der Waals surface area contributed by atoms with E-state index in [0.717, 1.165) is 42.4 Å². The summed E-state index contributed by atoms with van der Waals surface area (Å²) < 4.78 is 26.7. The number of nitrogens with zero attached hydrogens (tertiary/aromatic N) is 1. The molecule has 2 aliphatic rings. The number of carbonyl (C=O) groups is 1. The van der Waals surface area contributed by atoms with Crippen molar-refractivity contribution in [3.8, 4) is 11.1 Å². The van der Waals surface area contributed by atoms with Crippen LogP contribution in [0.2, 0.25) is 0 Å². The quantitative estimate of drug-likeness (QED) is 0.792. The zero-order valence-electron chi connectivity index (χ0n) is 16.8. The average molecular weight is 413 g/mol. The SMILES string of the molecule is CS(=O)(=O)N[C@@H]1CCCN(C(=O)C2CC2)[C@@H]1Cc1cccc(-c2ccccc2)c1. The van der Waals surface area contributed by atoms with Gasteiger partial charge in [0.2, 0.25) is 15.9 Å². The highest BCUT2D eigenvalue weighted by atomic mass is 32.2. The Kier molecular flexibility index (Phi) is 5.74. The van der Waals surface area contributed by atoms with E-state index in [1.807, 2.05) is 29.2 Å². The van der Waals surface area contributed by atoms with E-state index < -0.39 is 10.0 Å². The van der Waals surface area contributed by atoms with Crippen LogP contribution in [0.3, 0.4) is 0 Å². The maximum Gasteiger partial charge on any atom is 0.225 e.